The average Bonchev–Trinajstić information content (AvgIpc) is 2.60. The molecule has 1 fully saturated rings. The number of unbranched alkanes of at least 4 members (excludes halogenated alkanes) is 1. The van der Waals surface area contributed by atoms with Gasteiger partial charge >= 0.3 is 6.09 Å². The van der Waals surface area contributed by atoms with Gasteiger partial charge < -0.3 is 20.1 Å². The number of benzene rings is 1. The van der Waals surface area contributed by atoms with E-state index in [0.717, 1.165) is 50.9 Å². The highest BCUT2D eigenvalue weighted by Crippen LogP contribution is 2.16. The molecular weight excluding hydrogens is 292 g/mol. The molecular formula is C18H28N2O3. The van der Waals surface area contributed by atoms with Crippen molar-refractivity contribution in [2.75, 3.05) is 32.8 Å². The van der Waals surface area contributed by atoms with Crippen molar-refractivity contribution in [3.8, 4) is 0 Å². The van der Waals surface area contributed by atoms with Crippen molar-refractivity contribution < 1.29 is 14.6 Å². The Morgan fingerprint density at radius 1 is 1.22 bits per heavy atom. The summed E-state index contributed by atoms with van der Waals surface area (Å²) >= 11 is 0. The number of hydrogen-bond acceptors (Lipinski definition) is 4. The predicted molar refractivity (Wildman–Crippen MR) is 90.1 cm³/mol. The molecule has 5 heteroatoms. The molecule has 0 radical (unpaired) electrons. The number of hydrogen-bond donors (Lipinski definition) is 2. The van der Waals surface area contributed by atoms with E-state index >= 15 is 0 Å². The molecule has 0 spiro atoms. The van der Waals surface area contributed by atoms with Crippen LogP contribution in [0.15, 0.2) is 30.3 Å². The van der Waals surface area contributed by atoms with Crippen LogP contribution in [0.1, 0.15) is 31.2 Å². The van der Waals surface area contributed by atoms with E-state index in [1.807, 2.05) is 30.3 Å². The second kappa shape index (κ2) is 10.2. The predicted octanol–water partition coefficient (Wildman–Crippen LogP) is 2.40. The van der Waals surface area contributed by atoms with Crippen LogP contribution in [0, 0.1) is 5.92 Å². The third-order valence-corrected chi connectivity index (χ3v) is 4.34. The molecule has 1 aliphatic rings. The zero-order valence-corrected chi connectivity index (χ0v) is 13.7. The number of piperidine rings is 1. The fraction of sp³-hybridized carbons (Fsp3) is 0.611. The Morgan fingerprint density at radius 2 is 1.96 bits per heavy atom. The molecule has 1 amide bonds. The van der Waals surface area contributed by atoms with E-state index in [-0.39, 0.29) is 12.7 Å². The molecule has 0 unspecified atom stereocenters. The summed E-state index contributed by atoms with van der Waals surface area (Å²) in [5.41, 5.74) is 0.999. The minimum Gasteiger partial charge on any atom is -0.445 e. The van der Waals surface area contributed by atoms with Crippen molar-refractivity contribution in [2.24, 2.45) is 5.92 Å². The second-order valence-electron chi connectivity index (χ2n) is 6.16. The largest absolute Gasteiger partial charge is 0.445 e. The molecule has 1 heterocycles. The normalized spacial score (nSPS) is 16.2. The third-order valence-electron chi connectivity index (χ3n) is 4.34. The highest BCUT2D eigenvalue weighted by atomic mass is 16.5. The minimum atomic E-state index is -0.334. The lowest BCUT2D eigenvalue weighted by atomic mass is 9.96. The number of nitrogens with one attached hydrogen (secondary N) is 1. The smallest absolute Gasteiger partial charge is 0.407 e. The number of aliphatic hydroxyl groups is 1. The third kappa shape index (κ3) is 7.01. The number of aliphatic hydroxyl groups excluding tert-OH is 1. The first-order valence-electron chi connectivity index (χ1n) is 8.55. The molecule has 0 aromatic heterocycles. The van der Waals surface area contributed by atoms with Gasteiger partial charge in [-0.15, -0.1) is 0 Å². The number of ether oxygens (including phenoxy) is 1. The Kier molecular flexibility index (Phi) is 7.90. The number of alkyl carbamates (subject to hydrolysis) is 1. The summed E-state index contributed by atoms with van der Waals surface area (Å²) < 4.78 is 5.22. The van der Waals surface area contributed by atoms with Crippen LogP contribution in [0.5, 0.6) is 0 Å². The molecule has 1 aliphatic heterocycles. The standard InChI is InChI=1S/C18H28N2O3/c21-13-5-4-10-20-11-8-16(9-12-20)14-19-18(22)23-15-17-6-2-1-3-7-17/h1-3,6-7,16,21H,4-5,8-15H2,(H,19,22). The Balaban J connectivity index is 1.55. The van der Waals surface area contributed by atoms with Crippen molar-refractivity contribution in [2.45, 2.75) is 32.3 Å². The van der Waals surface area contributed by atoms with Gasteiger partial charge in [0.05, 0.1) is 0 Å². The molecule has 0 aliphatic carbocycles. The van der Waals surface area contributed by atoms with E-state index in [9.17, 15) is 4.79 Å². The maximum Gasteiger partial charge on any atom is 0.407 e. The summed E-state index contributed by atoms with van der Waals surface area (Å²) in [5.74, 6) is 0.536. The van der Waals surface area contributed by atoms with E-state index < -0.39 is 0 Å². The Morgan fingerprint density at radius 3 is 2.65 bits per heavy atom. The van der Waals surface area contributed by atoms with Crippen LogP contribution in [-0.2, 0) is 11.3 Å². The van der Waals surface area contributed by atoms with Crippen molar-refractivity contribution >= 4 is 6.09 Å². The van der Waals surface area contributed by atoms with Crippen LogP contribution in [0.4, 0.5) is 4.79 Å². The number of carbonyl (C=O) groups excluding carboxylic acids is 1. The molecule has 5 nitrogen and oxygen atoms in total. The fourth-order valence-electron chi connectivity index (χ4n) is 2.86. The minimum absolute atomic E-state index is 0.283. The molecule has 1 aromatic carbocycles. The molecule has 0 bridgehead atoms. The Bertz CT molecular complexity index is 445. The summed E-state index contributed by atoms with van der Waals surface area (Å²) in [6.45, 7) is 4.52. The van der Waals surface area contributed by atoms with Crippen molar-refractivity contribution in [1.82, 2.24) is 10.2 Å². The number of likely N-dealkylation sites (tertiary alicyclic amines) is 1. The van der Waals surface area contributed by atoms with Crippen molar-refractivity contribution in [3.05, 3.63) is 35.9 Å². The summed E-state index contributed by atoms with van der Waals surface area (Å²) in [5, 5.41) is 11.7. The first-order valence-corrected chi connectivity index (χ1v) is 8.55. The summed E-state index contributed by atoms with van der Waals surface area (Å²) in [6, 6.07) is 9.70. The highest BCUT2D eigenvalue weighted by Gasteiger charge is 2.19. The maximum absolute atomic E-state index is 11.7. The van der Waals surface area contributed by atoms with Crippen LogP contribution in [0.2, 0.25) is 0 Å². The SMILES string of the molecule is O=C(NCC1CCN(CCCCO)CC1)OCc1ccccc1. The number of carbonyl (C=O) groups is 1. The molecule has 0 saturated carbocycles. The van der Waals surface area contributed by atoms with Gasteiger partial charge in [-0.05, 0) is 56.8 Å². The summed E-state index contributed by atoms with van der Waals surface area (Å²) in [7, 11) is 0. The molecule has 2 N–H and O–H groups in total. The van der Waals surface area contributed by atoms with Gasteiger partial charge in [-0.3, -0.25) is 0 Å². The molecule has 0 atom stereocenters. The van der Waals surface area contributed by atoms with Crippen molar-refractivity contribution in [3.63, 3.8) is 0 Å². The quantitative estimate of drug-likeness (QED) is 0.722. The number of rotatable bonds is 8. The summed E-state index contributed by atoms with van der Waals surface area (Å²) in [4.78, 5) is 14.2. The van der Waals surface area contributed by atoms with Crippen LogP contribution in [-0.4, -0.2) is 48.9 Å². The van der Waals surface area contributed by atoms with Crippen LogP contribution in [0.3, 0.4) is 0 Å². The maximum atomic E-state index is 11.7. The first-order chi connectivity index (χ1) is 11.3. The van der Waals surface area contributed by atoms with E-state index in [1.165, 1.54) is 0 Å². The fourth-order valence-corrected chi connectivity index (χ4v) is 2.86. The highest BCUT2D eigenvalue weighted by molar-refractivity contribution is 5.67. The van der Waals surface area contributed by atoms with Gasteiger partial charge in [0.1, 0.15) is 6.61 Å². The van der Waals surface area contributed by atoms with Crippen LogP contribution in [0.25, 0.3) is 0 Å². The molecule has 1 aromatic rings. The molecule has 1 saturated heterocycles. The van der Waals surface area contributed by atoms with E-state index in [4.69, 9.17) is 9.84 Å². The Hall–Kier alpha value is -1.59. The van der Waals surface area contributed by atoms with Crippen LogP contribution >= 0.6 is 0 Å². The second-order valence-corrected chi connectivity index (χ2v) is 6.16. The summed E-state index contributed by atoms with van der Waals surface area (Å²) in [6.07, 6.45) is 3.83. The van der Waals surface area contributed by atoms with Gasteiger partial charge in [0.2, 0.25) is 0 Å². The van der Waals surface area contributed by atoms with E-state index in [1.54, 1.807) is 0 Å². The van der Waals surface area contributed by atoms with Crippen molar-refractivity contribution in [1.29, 1.82) is 0 Å². The lowest BCUT2D eigenvalue weighted by Gasteiger charge is -2.31. The lowest BCUT2D eigenvalue weighted by Crippen LogP contribution is -2.39. The zero-order chi connectivity index (χ0) is 16.3. The lowest BCUT2D eigenvalue weighted by molar-refractivity contribution is 0.132. The van der Waals surface area contributed by atoms with E-state index in [2.05, 4.69) is 10.2 Å². The molecule has 2 rings (SSSR count). The monoisotopic (exact) mass is 320 g/mol. The Labute approximate surface area is 138 Å². The number of nitrogens with zero attached hydrogens (tertiary/aromatic N) is 1. The van der Waals surface area contributed by atoms with Gasteiger partial charge in [0, 0.05) is 13.2 Å². The average molecular weight is 320 g/mol. The van der Waals surface area contributed by atoms with Gasteiger partial charge in [-0.2, -0.15) is 0 Å². The molecule has 128 valence electrons. The molecule has 23 heavy (non-hydrogen) atoms. The van der Waals surface area contributed by atoms with Gasteiger partial charge in [0.25, 0.3) is 0 Å². The first kappa shape index (κ1) is 17.8. The van der Waals surface area contributed by atoms with E-state index in [0.29, 0.717) is 19.1 Å². The van der Waals surface area contributed by atoms with Gasteiger partial charge in [0.15, 0.2) is 0 Å². The van der Waals surface area contributed by atoms with Gasteiger partial charge in [-0.1, -0.05) is 30.3 Å². The van der Waals surface area contributed by atoms with Gasteiger partial charge in [-0.25, -0.2) is 4.79 Å². The van der Waals surface area contributed by atoms with Crippen LogP contribution < -0.4 is 5.32 Å². The topological polar surface area (TPSA) is 61.8 Å². The number of amides is 1. The zero-order valence-electron chi connectivity index (χ0n) is 13.7.